The Bertz CT molecular complexity index is 765. The molecule has 0 radical (unpaired) electrons. The molecule has 0 N–H and O–H groups in total. The summed E-state index contributed by atoms with van der Waals surface area (Å²) in [7, 11) is 0. The summed E-state index contributed by atoms with van der Waals surface area (Å²) in [5.74, 6) is 0.818. The van der Waals surface area contributed by atoms with Crippen molar-refractivity contribution in [2.75, 3.05) is 6.61 Å². The quantitative estimate of drug-likeness (QED) is 0.456. The van der Waals surface area contributed by atoms with Crippen LogP contribution in [-0.4, -0.2) is 31.2 Å². The van der Waals surface area contributed by atoms with Crippen molar-refractivity contribution in [2.24, 2.45) is 11.8 Å². The van der Waals surface area contributed by atoms with E-state index in [1.807, 2.05) is 26.0 Å². The van der Waals surface area contributed by atoms with E-state index in [4.69, 9.17) is 18.9 Å². The number of benzene rings is 2. The third-order valence-corrected chi connectivity index (χ3v) is 6.73. The number of fused-ring (bicyclic) bond motifs is 1. The normalized spacial score (nSPS) is 28.9. The summed E-state index contributed by atoms with van der Waals surface area (Å²) in [6.45, 7) is 6.00. The van der Waals surface area contributed by atoms with E-state index in [0.29, 0.717) is 31.7 Å². The van der Waals surface area contributed by atoms with Crippen molar-refractivity contribution in [3.05, 3.63) is 71.8 Å². The zero-order chi connectivity index (χ0) is 21.5. The van der Waals surface area contributed by atoms with Crippen molar-refractivity contribution < 1.29 is 18.9 Å². The first-order chi connectivity index (χ1) is 15.2. The van der Waals surface area contributed by atoms with Crippen molar-refractivity contribution in [1.82, 2.24) is 0 Å². The van der Waals surface area contributed by atoms with E-state index in [9.17, 15) is 0 Å². The Morgan fingerprint density at radius 2 is 1.26 bits per heavy atom. The zero-order valence-electron chi connectivity index (χ0n) is 18.8. The van der Waals surface area contributed by atoms with Crippen LogP contribution in [0.4, 0.5) is 0 Å². The van der Waals surface area contributed by atoms with Gasteiger partial charge in [-0.25, -0.2) is 0 Å². The maximum atomic E-state index is 6.50. The van der Waals surface area contributed by atoms with Gasteiger partial charge in [0.2, 0.25) is 0 Å². The van der Waals surface area contributed by atoms with Crippen LogP contribution < -0.4 is 0 Å². The largest absolute Gasteiger partial charge is 0.373 e. The fraction of sp³-hybridized carbons (Fsp3) is 0.556. The minimum atomic E-state index is -0.165. The Labute approximate surface area is 186 Å². The van der Waals surface area contributed by atoms with Crippen LogP contribution in [0.15, 0.2) is 60.7 Å². The van der Waals surface area contributed by atoms with Gasteiger partial charge in [0.15, 0.2) is 6.29 Å². The van der Waals surface area contributed by atoms with Crippen LogP contribution in [0.5, 0.6) is 0 Å². The predicted molar refractivity (Wildman–Crippen MR) is 121 cm³/mol. The SMILES string of the molecule is CCOC(C)OC1CCC(OCc2ccccc2)C2C(OCc3ccccc3)CCC12. The van der Waals surface area contributed by atoms with Gasteiger partial charge in [0, 0.05) is 12.5 Å². The monoisotopic (exact) mass is 424 g/mol. The van der Waals surface area contributed by atoms with Gasteiger partial charge in [-0.2, -0.15) is 0 Å². The summed E-state index contributed by atoms with van der Waals surface area (Å²) in [4.78, 5) is 0. The minimum absolute atomic E-state index is 0.165. The molecule has 2 saturated carbocycles. The molecule has 4 heteroatoms. The highest BCUT2D eigenvalue weighted by Gasteiger charge is 2.49. The summed E-state index contributed by atoms with van der Waals surface area (Å²) in [6.07, 6.45) is 4.67. The summed E-state index contributed by atoms with van der Waals surface area (Å²) in [6, 6.07) is 20.9. The molecule has 0 amide bonds. The summed E-state index contributed by atoms with van der Waals surface area (Å²) < 4.78 is 25.0. The summed E-state index contributed by atoms with van der Waals surface area (Å²) in [5, 5.41) is 0. The zero-order valence-corrected chi connectivity index (χ0v) is 18.8. The Morgan fingerprint density at radius 1 is 0.742 bits per heavy atom. The van der Waals surface area contributed by atoms with Gasteiger partial charge in [-0.05, 0) is 56.6 Å². The van der Waals surface area contributed by atoms with Crippen molar-refractivity contribution >= 4 is 0 Å². The maximum absolute atomic E-state index is 6.50. The van der Waals surface area contributed by atoms with Crippen LogP contribution >= 0.6 is 0 Å². The third kappa shape index (κ3) is 5.95. The van der Waals surface area contributed by atoms with E-state index in [-0.39, 0.29) is 24.6 Å². The van der Waals surface area contributed by atoms with Gasteiger partial charge in [-0.1, -0.05) is 60.7 Å². The molecule has 0 heterocycles. The van der Waals surface area contributed by atoms with E-state index >= 15 is 0 Å². The van der Waals surface area contributed by atoms with Crippen molar-refractivity contribution in [2.45, 2.75) is 77.3 Å². The molecule has 0 aliphatic heterocycles. The molecule has 2 aliphatic carbocycles. The maximum Gasteiger partial charge on any atom is 0.155 e. The predicted octanol–water partition coefficient (Wildman–Crippen LogP) is 5.74. The molecule has 168 valence electrons. The van der Waals surface area contributed by atoms with E-state index in [0.717, 1.165) is 25.7 Å². The van der Waals surface area contributed by atoms with E-state index in [1.165, 1.54) is 11.1 Å². The molecule has 6 unspecified atom stereocenters. The van der Waals surface area contributed by atoms with Crippen LogP contribution in [0, 0.1) is 11.8 Å². The lowest BCUT2D eigenvalue weighted by molar-refractivity contribution is -0.199. The van der Waals surface area contributed by atoms with Gasteiger partial charge in [0.1, 0.15) is 0 Å². The number of hydrogen-bond donors (Lipinski definition) is 0. The summed E-state index contributed by atoms with van der Waals surface area (Å²) >= 11 is 0. The van der Waals surface area contributed by atoms with Crippen LogP contribution in [0.3, 0.4) is 0 Å². The molecule has 2 aromatic carbocycles. The molecular weight excluding hydrogens is 388 g/mol. The Morgan fingerprint density at radius 3 is 1.81 bits per heavy atom. The average Bonchev–Trinajstić information content (AvgIpc) is 3.23. The van der Waals surface area contributed by atoms with Crippen LogP contribution in [0.25, 0.3) is 0 Å². The molecule has 4 rings (SSSR count). The molecule has 0 bridgehead atoms. The second kappa shape index (κ2) is 11.2. The number of hydrogen-bond acceptors (Lipinski definition) is 4. The van der Waals surface area contributed by atoms with E-state index in [2.05, 4.69) is 48.5 Å². The highest BCUT2D eigenvalue weighted by Crippen LogP contribution is 2.47. The molecule has 0 spiro atoms. The third-order valence-electron chi connectivity index (χ3n) is 6.73. The Kier molecular flexibility index (Phi) is 8.15. The first-order valence-electron chi connectivity index (χ1n) is 11.8. The molecule has 2 aliphatic rings. The minimum Gasteiger partial charge on any atom is -0.373 e. The lowest BCUT2D eigenvalue weighted by Gasteiger charge is -2.42. The highest BCUT2D eigenvalue weighted by molar-refractivity contribution is 5.14. The van der Waals surface area contributed by atoms with E-state index < -0.39 is 0 Å². The molecule has 2 aromatic rings. The second-order valence-electron chi connectivity index (χ2n) is 8.76. The molecular formula is C27H36O4. The average molecular weight is 425 g/mol. The Balaban J connectivity index is 1.43. The molecule has 0 aromatic heterocycles. The summed E-state index contributed by atoms with van der Waals surface area (Å²) in [5.41, 5.74) is 2.45. The van der Waals surface area contributed by atoms with Gasteiger partial charge < -0.3 is 18.9 Å². The van der Waals surface area contributed by atoms with E-state index in [1.54, 1.807) is 0 Å². The van der Waals surface area contributed by atoms with Crippen LogP contribution in [0.1, 0.15) is 50.7 Å². The topological polar surface area (TPSA) is 36.9 Å². The molecule has 2 fully saturated rings. The van der Waals surface area contributed by atoms with Gasteiger partial charge in [-0.15, -0.1) is 0 Å². The first-order valence-corrected chi connectivity index (χ1v) is 11.8. The Hall–Kier alpha value is -1.72. The van der Waals surface area contributed by atoms with Gasteiger partial charge in [0.25, 0.3) is 0 Å². The van der Waals surface area contributed by atoms with Crippen molar-refractivity contribution in [3.8, 4) is 0 Å². The smallest absolute Gasteiger partial charge is 0.155 e. The van der Waals surface area contributed by atoms with Gasteiger partial charge in [-0.3, -0.25) is 0 Å². The highest BCUT2D eigenvalue weighted by atomic mass is 16.7. The lowest BCUT2D eigenvalue weighted by Crippen LogP contribution is -2.45. The van der Waals surface area contributed by atoms with Crippen LogP contribution in [0.2, 0.25) is 0 Å². The standard InChI is InChI=1S/C27H36O4/c1-3-28-20(2)31-24-16-17-26(30-19-22-12-8-5-9-13-22)27-23(24)14-15-25(27)29-18-21-10-6-4-7-11-21/h4-13,20,23-27H,3,14-19H2,1-2H3. The molecule has 0 saturated heterocycles. The van der Waals surface area contributed by atoms with Crippen molar-refractivity contribution in [3.63, 3.8) is 0 Å². The van der Waals surface area contributed by atoms with Crippen molar-refractivity contribution in [1.29, 1.82) is 0 Å². The fourth-order valence-electron chi connectivity index (χ4n) is 5.33. The first kappa shape index (κ1) is 22.5. The number of ether oxygens (including phenoxy) is 4. The van der Waals surface area contributed by atoms with Gasteiger partial charge in [0.05, 0.1) is 31.5 Å². The van der Waals surface area contributed by atoms with Gasteiger partial charge >= 0.3 is 0 Å². The molecule has 6 atom stereocenters. The second-order valence-corrected chi connectivity index (χ2v) is 8.76. The molecule has 31 heavy (non-hydrogen) atoms. The number of rotatable bonds is 10. The lowest BCUT2D eigenvalue weighted by atomic mass is 9.76. The molecule has 4 nitrogen and oxygen atoms in total. The van der Waals surface area contributed by atoms with Crippen LogP contribution in [-0.2, 0) is 32.2 Å². The fourth-order valence-corrected chi connectivity index (χ4v) is 5.33.